The highest BCUT2D eigenvalue weighted by atomic mass is 32.2. The van der Waals surface area contributed by atoms with Crippen LogP contribution in [-0.4, -0.2) is 27.2 Å². The van der Waals surface area contributed by atoms with Crippen LogP contribution in [0.1, 0.15) is 67.7 Å². The minimum Gasteiger partial charge on any atom is -0.478 e. The molecule has 1 aliphatic rings. The lowest BCUT2D eigenvalue weighted by atomic mass is 9.71. The number of carbonyl (C=O) groups excluding carboxylic acids is 1. The van der Waals surface area contributed by atoms with Gasteiger partial charge in [-0.15, -0.1) is 0 Å². The molecule has 0 radical (unpaired) electrons. The zero-order valence-corrected chi connectivity index (χ0v) is 19.8. The van der Waals surface area contributed by atoms with E-state index in [0.29, 0.717) is 22.9 Å². The number of rotatable bonds is 6. The Bertz CT molecular complexity index is 1070. The second-order valence-corrected chi connectivity index (χ2v) is 10.4. The molecule has 1 heterocycles. The summed E-state index contributed by atoms with van der Waals surface area (Å²) in [5, 5.41) is 21.9. The number of para-hydroxylation sites is 1. The Hall–Kier alpha value is -2.85. The summed E-state index contributed by atoms with van der Waals surface area (Å²) >= 11 is 1.27. The van der Waals surface area contributed by atoms with Crippen molar-refractivity contribution >= 4 is 29.3 Å². The van der Waals surface area contributed by atoms with Gasteiger partial charge in [0.25, 0.3) is 0 Å². The average Bonchev–Trinajstić information content (AvgIpc) is 2.75. The number of benzene rings is 1. The van der Waals surface area contributed by atoms with Crippen LogP contribution in [0.15, 0.2) is 35.4 Å². The van der Waals surface area contributed by atoms with Crippen LogP contribution in [0.3, 0.4) is 0 Å². The maximum absolute atomic E-state index is 12.9. The van der Waals surface area contributed by atoms with Crippen molar-refractivity contribution in [1.29, 1.82) is 5.26 Å². The fourth-order valence-corrected chi connectivity index (χ4v) is 5.00. The molecular weight excluding hydrogens is 422 g/mol. The number of thioether (sulfide) groups is 1. The number of fused-ring (bicyclic) bond motifs is 1. The molecule has 1 aromatic carbocycles. The number of carboxylic acids is 1. The predicted molar refractivity (Wildman–Crippen MR) is 126 cm³/mol. The Balaban J connectivity index is 1.82. The summed E-state index contributed by atoms with van der Waals surface area (Å²) in [6.07, 6.45) is 3.35. The number of hydrogen-bond donors (Lipinski definition) is 2. The number of carboxylic acid groups (broad SMARTS) is 1. The van der Waals surface area contributed by atoms with Crippen molar-refractivity contribution in [3.63, 3.8) is 0 Å². The van der Waals surface area contributed by atoms with Gasteiger partial charge in [0.2, 0.25) is 5.91 Å². The van der Waals surface area contributed by atoms with Gasteiger partial charge < -0.3 is 10.4 Å². The van der Waals surface area contributed by atoms with Gasteiger partial charge in [-0.3, -0.25) is 4.79 Å². The Labute approximate surface area is 193 Å². The van der Waals surface area contributed by atoms with Crippen LogP contribution in [0.5, 0.6) is 0 Å². The lowest BCUT2D eigenvalue weighted by molar-refractivity contribution is -0.115. The number of aryl methyl sites for hydroxylation is 1. The van der Waals surface area contributed by atoms with E-state index in [0.717, 1.165) is 30.5 Å². The minimum absolute atomic E-state index is 0.0405. The smallest absolute Gasteiger partial charge is 0.337 e. The summed E-state index contributed by atoms with van der Waals surface area (Å²) in [6, 6.07) is 10.5. The van der Waals surface area contributed by atoms with Gasteiger partial charge in [0.05, 0.1) is 22.1 Å². The van der Waals surface area contributed by atoms with Crippen LogP contribution in [0, 0.1) is 22.7 Å². The fourth-order valence-electron chi connectivity index (χ4n) is 4.00. The van der Waals surface area contributed by atoms with E-state index in [1.807, 2.05) is 13.0 Å². The number of anilines is 1. The van der Waals surface area contributed by atoms with Crippen LogP contribution in [0.4, 0.5) is 5.69 Å². The van der Waals surface area contributed by atoms with Gasteiger partial charge in [-0.1, -0.05) is 51.6 Å². The maximum atomic E-state index is 12.9. The minimum atomic E-state index is -1.10. The molecule has 0 saturated heterocycles. The summed E-state index contributed by atoms with van der Waals surface area (Å²) in [4.78, 5) is 29.2. The molecule has 6 nitrogen and oxygen atoms in total. The molecule has 2 aromatic rings. The third-order valence-electron chi connectivity index (χ3n) is 6.03. The van der Waals surface area contributed by atoms with Crippen molar-refractivity contribution in [2.24, 2.45) is 11.3 Å². The first-order valence-corrected chi connectivity index (χ1v) is 11.7. The second-order valence-electron chi connectivity index (χ2n) is 9.22. The van der Waals surface area contributed by atoms with Gasteiger partial charge >= 0.3 is 5.97 Å². The van der Waals surface area contributed by atoms with E-state index in [2.05, 4.69) is 32.2 Å². The van der Waals surface area contributed by atoms with Crippen molar-refractivity contribution in [1.82, 2.24) is 4.98 Å². The number of carbonyl (C=O) groups is 2. The van der Waals surface area contributed by atoms with Crippen LogP contribution >= 0.6 is 11.8 Å². The number of hydrogen-bond acceptors (Lipinski definition) is 5. The maximum Gasteiger partial charge on any atom is 0.337 e. The van der Waals surface area contributed by atoms with E-state index in [1.54, 1.807) is 18.2 Å². The topological polar surface area (TPSA) is 103 Å². The van der Waals surface area contributed by atoms with E-state index in [9.17, 15) is 20.0 Å². The summed E-state index contributed by atoms with van der Waals surface area (Å²) in [5.41, 5.74) is 3.13. The van der Waals surface area contributed by atoms with E-state index in [4.69, 9.17) is 4.98 Å². The molecular formula is C25H29N3O3S. The highest BCUT2D eigenvalue weighted by Gasteiger charge is 2.31. The highest BCUT2D eigenvalue weighted by Crippen LogP contribution is 2.38. The molecule has 0 fully saturated rings. The number of aromatic carboxylic acids is 1. The van der Waals surface area contributed by atoms with Crippen LogP contribution in [-0.2, 0) is 17.6 Å². The molecule has 2 unspecified atom stereocenters. The van der Waals surface area contributed by atoms with Crippen LogP contribution in [0.25, 0.3) is 0 Å². The molecule has 0 bridgehead atoms. The molecule has 32 heavy (non-hydrogen) atoms. The lowest BCUT2D eigenvalue weighted by Gasteiger charge is -2.34. The van der Waals surface area contributed by atoms with E-state index < -0.39 is 11.2 Å². The van der Waals surface area contributed by atoms with Gasteiger partial charge in [0.15, 0.2) is 0 Å². The van der Waals surface area contributed by atoms with Crippen molar-refractivity contribution in [3.05, 3.63) is 52.7 Å². The van der Waals surface area contributed by atoms with Gasteiger partial charge in [-0.25, -0.2) is 9.78 Å². The monoisotopic (exact) mass is 451 g/mol. The van der Waals surface area contributed by atoms with E-state index in [-0.39, 0.29) is 22.6 Å². The first kappa shape index (κ1) is 23.8. The Morgan fingerprint density at radius 2 is 2.06 bits per heavy atom. The molecule has 1 aromatic heterocycles. The second kappa shape index (κ2) is 9.74. The van der Waals surface area contributed by atoms with Crippen molar-refractivity contribution < 1.29 is 14.7 Å². The summed E-state index contributed by atoms with van der Waals surface area (Å²) in [6.45, 7) is 8.63. The van der Waals surface area contributed by atoms with Gasteiger partial charge in [0, 0.05) is 5.69 Å². The lowest BCUT2D eigenvalue weighted by Crippen LogP contribution is -2.28. The molecule has 7 heteroatoms. The van der Waals surface area contributed by atoms with E-state index in [1.165, 1.54) is 17.8 Å². The average molecular weight is 452 g/mol. The Kier molecular flexibility index (Phi) is 7.25. The first-order chi connectivity index (χ1) is 15.1. The molecule has 0 aliphatic heterocycles. The molecule has 0 spiro atoms. The summed E-state index contributed by atoms with van der Waals surface area (Å²) in [7, 11) is 0. The van der Waals surface area contributed by atoms with Crippen molar-refractivity contribution in [3.8, 4) is 6.07 Å². The van der Waals surface area contributed by atoms with Crippen molar-refractivity contribution in [2.75, 3.05) is 5.32 Å². The highest BCUT2D eigenvalue weighted by molar-refractivity contribution is 8.00. The molecule has 0 saturated carbocycles. The normalized spacial score (nSPS) is 16.5. The fraction of sp³-hybridized carbons (Fsp3) is 0.440. The van der Waals surface area contributed by atoms with Crippen LogP contribution < -0.4 is 5.32 Å². The number of nitriles is 1. The molecule has 3 rings (SSSR count). The van der Waals surface area contributed by atoms with Crippen molar-refractivity contribution in [2.45, 2.75) is 63.7 Å². The molecule has 1 amide bonds. The third kappa shape index (κ3) is 5.31. The number of amides is 1. The third-order valence-corrected chi connectivity index (χ3v) is 7.40. The number of nitrogens with zero attached hydrogens (tertiary/aromatic N) is 2. The Morgan fingerprint density at radius 1 is 1.34 bits per heavy atom. The first-order valence-electron chi connectivity index (χ1n) is 10.9. The largest absolute Gasteiger partial charge is 0.478 e. The van der Waals surface area contributed by atoms with Gasteiger partial charge in [0.1, 0.15) is 11.1 Å². The quantitative estimate of drug-likeness (QED) is 0.577. The standard InChI is InChI=1S/C25H29N3O3S/c1-5-21(22(29)27-20-9-7-6-8-18(20)24(30)31)32-23-16(14-26)12-15-13-17(25(2,3)4)10-11-19(15)28-23/h6-9,12,17,21H,5,10-11,13H2,1-4H3,(H,27,29)(H,30,31). The summed E-state index contributed by atoms with van der Waals surface area (Å²) < 4.78 is 0. The molecule has 168 valence electrons. The number of pyridine rings is 1. The van der Waals surface area contributed by atoms with Crippen LogP contribution in [0.2, 0.25) is 0 Å². The molecule has 2 N–H and O–H groups in total. The zero-order chi connectivity index (χ0) is 23.5. The molecule has 1 aliphatic carbocycles. The number of nitrogens with one attached hydrogen (secondary N) is 1. The molecule has 2 atom stereocenters. The van der Waals surface area contributed by atoms with Gasteiger partial charge in [-0.2, -0.15) is 5.26 Å². The van der Waals surface area contributed by atoms with Gasteiger partial charge in [-0.05, 0) is 60.8 Å². The van der Waals surface area contributed by atoms with E-state index >= 15 is 0 Å². The number of aromatic nitrogens is 1. The Morgan fingerprint density at radius 3 is 2.69 bits per heavy atom. The zero-order valence-electron chi connectivity index (χ0n) is 18.9. The summed E-state index contributed by atoms with van der Waals surface area (Å²) in [5.74, 6) is -0.856. The predicted octanol–water partition coefficient (Wildman–Crippen LogP) is 5.31. The SMILES string of the molecule is CCC(Sc1nc2c(cc1C#N)CC(C(C)(C)C)CC2)C(=O)Nc1ccccc1C(=O)O.